The molecule has 4 heteroatoms. The van der Waals surface area contributed by atoms with Crippen LogP contribution in [0.2, 0.25) is 0 Å². The van der Waals surface area contributed by atoms with Gasteiger partial charge in [0.1, 0.15) is 11.3 Å². The number of pyridine rings is 1. The van der Waals surface area contributed by atoms with Crippen LogP contribution < -0.4 is 5.43 Å². The summed E-state index contributed by atoms with van der Waals surface area (Å²) >= 11 is 0. The number of nitrogens with zero attached hydrogens (tertiary/aromatic N) is 1. The van der Waals surface area contributed by atoms with Crippen molar-refractivity contribution in [1.82, 2.24) is 4.98 Å². The number of hydrogen-bond donors (Lipinski definition) is 1. The molecule has 0 aliphatic heterocycles. The lowest BCUT2D eigenvalue weighted by Crippen LogP contribution is -2.09. The van der Waals surface area contributed by atoms with Crippen molar-refractivity contribution in [3.8, 4) is 11.5 Å². The summed E-state index contributed by atoms with van der Waals surface area (Å²) in [7, 11) is 0. The first-order valence-corrected chi connectivity index (χ1v) is 7.16. The number of fused-ring (bicyclic) bond motifs is 1. The maximum Gasteiger partial charge on any atom is 0.196 e. The third-order valence-electron chi connectivity index (χ3n) is 3.74. The van der Waals surface area contributed by atoms with E-state index in [0.29, 0.717) is 33.6 Å². The summed E-state index contributed by atoms with van der Waals surface area (Å²) < 4.78 is 5.98. The third-order valence-corrected chi connectivity index (χ3v) is 3.74. The maximum atomic E-state index is 12.7. The fraction of sp³-hybridized carbons (Fsp3) is 0.222. The fourth-order valence-electron chi connectivity index (χ4n) is 2.62. The smallest absolute Gasteiger partial charge is 0.196 e. The monoisotopic (exact) mass is 295 g/mol. The van der Waals surface area contributed by atoms with Crippen molar-refractivity contribution in [2.45, 2.75) is 26.9 Å². The molecule has 0 saturated heterocycles. The summed E-state index contributed by atoms with van der Waals surface area (Å²) in [6.45, 7) is 5.29. The highest BCUT2D eigenvalue weighted by Gasteiger charge is 2.18. The summed E-state index contributed by atoms with van der Waals surface area (Å²) in [6, 6.07) is 9.09. The standard InChI is InChI=1S/C18H17NO3/c1-10-8-13(12(3)20)18-14(9-10)16(21)11(2)17(22-18)15-6-4-5-7-19-15/h4-9,12,20H,1-3H3/t12-/m0/s1. The largest absolute Gasteiger partial charge is 0.453 e. The molecule has 3 rings (SSSR count). The Morgan fingerprint density at radius 3 is 2.64 bits per heavy atom. The van der Waals surface area contributed by atoms with Crippen LogP contribution in [0.25, 0.3) is 22.4 Å². The SMILES string of the molecule is Cc1cc([C@H](C)O)c2oc(-c3ccccn3)c(C)c(=O)c2c1. The average molecular weight is 295 g/mol. The molecule has 1 atom stereocenters. The molecule has 0 bridgehead atoms. The molecule has 0 aliphatic carbocycles. The van der Waals surface area contributed by atoms with Gasteiger partial charge in [-0.3, -0.25) is 9.78 Å². The molecule has 0 spiro atoms. The first-order valence-electron chi connectivity index (χ1n) is 7.16. The molecule has 0 fully saturated rings. The zero-order valence-corrected chi connectivity index (χ0v) is 12.8. The molecule has 0 radical (unpaired) electrons. The summed E-state index contributed by atoms with van der Waals surface area (Å²) in [4.78, 5) is 16.9. The molecule has 22 heavy (non-hydrogen) atoms. The van der Waals surface area contributed by atoms with Crippen LogP contribution in [0.1, 0.15) is 29.7 Å². The van der Waals surface area contributed by atoms with Gasteiger partial charge in [0.15, 0.2) is 11.2 Å². The molecule has 1 N–H and O–H groups in total. The quantitative estimate of drug-likeness (QED) is 0.785. The number of aliphatic hydroxyl groups is 1. The molecule has 112 valence electrons. The Morgan fingerprint density at radius 1 is 1.23 bits per heavy atom. The van der Waals surface area contributed by atoms with Gasteiger partial charge < -0.3 is 9.52 Å². The topological polar surface area (TPSA) is 63.3 Å². The third kappa shape index (κ3) is 2.31. The van der Waals surface area contributed by atoms with Crippen molar-refractivity contribution in [3.05, 3.63) is 63.4 Å². The van der Waals surface area contributed by atoms with E-state index in [4.69, 9.17) is 4.42 Å². The van der Waals surface area contributed by atoms with Crippen LogP contribution in [-0.4, -0.2) is 10.1 Å². The van der Waals surface area contributed by atoms with Crippen molar-refractivity contribution in [2.75, 3.05) is 0 Å². The van der Waals surface area contributed by atoms with Gasteiger partial charge in [0.25, 0.3) is 0 Å². The fourth-order valence-corrected chi connectivity index (χ4v) is 2.62. The molecular formula is C18H17NO3. The Morgan fingerprint density at radius 2 is 2.00 bits per heavy atom. The van der Waals surface area contributed by atoms with Crippen LogP contribution in [-0.2, 0) is 0 Å². The predicted octanol–water partition coefficient (Wildman–Crippen LogP) is 3.53. The van der Waals surface area contributed by atoms with Crippen LogP contribution in [0.5, 0.6) is 0 Å². The first kappa shape index (κ1) is 14.5. The van der Waals surface area contributed by atoms with Gasteiger partial charge in [-0.25, -0.2) is 0 Å². The lowest BCUT2D eigenvalue weighted by atomic mass is 10.0. The number of hydrogen-bond acceptors (Lipinski definition) is 4. The minimum atomic E-state index is -0.718. The van der Waals surface area contributed by atoms with E-state index >= 15 is 0 Å². The van der Waals surface area contributed by atoms with Crippen LogP contribution in [0, 0.1) is 13.8 Å². The van der Waals surface area contributed by atoms with E-state index < -0.39 is 6.10 Å². The molecule has 2 heterocycles. The highest BCUT2D eigenvalue weighted by molar-refractivity contribution is 5.83. The maximum absolute atomic E-state index is 12.7. The number of aromatic nitrogens is 1. The Kier molecular flexibility index (Phi) is 3.54. The van der Waals surface area contributed by atoms with Crippen molar-refractivity contribution < 1.29 is 9.52 Å². The molecule has 0 amide bonds. The van der Waals surface area contributed by atoms with Gasteiger partial charge in [0.2, 0.25) is 0 Å². The van der Waals surface area contributed by atoms with E-state index in [1.165, 1.54) is 0 Å². The van der Waals surface area contributed by atoms with E-state index in [1.807, 2.05) is 25.1 Å². The molecule has 0 saturated carbocycles. The highest BCUT2D eigenvalue weighted by atomic mass is 16.3. The molecule has 0 aliphatic rings. The second kappa shape index (κ2) is 5.39. The van der Waals surface area contributed by atoms with E-state index in [1.54, 1.807) is 32.2 Å². The lowest BCUT2D eigenvalue weighted by Gasteiger charge is -2.12. The first-order chi connectivity index (χ1) is 10.5. The van der Waals surface area contributed by atoms with Gasteiger partial charge in [-0.1, -0.05) is 6.07 Å². The van der Waals surface area contributed by atoms with Gasteiger partial charge in [-0.2, -0.15) is 0 Å². The Labute approximate surface area is 128 Å². The van der Waals surface area contributed by atoms with E-state index in [9.17, 15) is 9.90 Å². The van der Waals surface area contributed by atoms with E-state index in [2.05, 4.69) is 4.98 Å². The van der Waals surface area contributed by atoms with Crippen LogP contribution in [0.3, 0.4) is 0 Å². The molecule has 2 aromatic heterocycles. The van der Waals surface area contributed by atoms with Gasteiger partial charge in [0.05, 0.1) is 11.5 Å². The molecule has 4 nitrogen and oxygen atoms in total. The van der Waals surface area contributed by atoms with Crippen LogP contribution in [0.15, 0.2) is 45.7 Å². The van der Waals surface area contributed by atoms with Gasteiger partial charge in [0, 0.05) is 17.3 Å². The summed E-state index contributed by atoms with van der Waals surface area (Å²) in [6.07, 6.45) is 0.939. The summed E-state index contributed by atoms with van der Waals surface area (Å²) in [5.74, 6) is 0.448. The summed E-state index contributed by atoms with van der Waals surface area (Å²) in [5, 5.41) is 10.5. The van der Waals surface area contributed by atoms with Crippen molar-refractivity contribution in [3.63, 3.8) is 0 Å². The molecule has 3 aromatic rings. The normalized spacial score (nSPS) is 12.5. The second-order valence-corrected chi connectivity index (χ2v) is 5.51. The summed E-state index contributed by atoms with van der Waals surface area (Å²) in [5.41, 5.74) is 3.00. The van der Waals surface area contributed by atoms with Crippen molar-refractivity contribution >= 4 is 11.0 Å². The number of benzene rings is 1. The average Bonchev–Trinajstić information content (AvgIpc) is 2.51. The Bertz CT molecular complexity index is 896. The van der Waals surface area contributed by atoms with Gasteiger partial charge in [-0.05, 0) is 50.6 Å². The minimum Gasteiger partial charge on any atom is -0.453 e. The number of aryl methyl sites for hydroxylation is 1. The zero-order valence-electron chi connectivity index (χ0n) is 12.8. The minimum absolute atomic E-state index is 0.0903. The number of rotatable bonds is 2. The highest BCUT2D eigenvalue weighted by Crippen LogP contribution is 2.29. The van der Waals surface area contributed by atoms with Gasteiger partial charge in [-0.15, -0.1) is 0 Å². The van der Waals surface area contributed by atoms with Crippen molar-refractivity contribution in [1.29, 1.82) is 0 Å². The molecule has 1 aromatic carbocycles. The molecular weight excluding hydrogens is 278 g/mol. The van der Waals surface area contributed by atoms with Crippen LogP contribution in [0.4, 0.5) is 0 Å². The Hall–Kier alpha value is -2.46. The molecule has 0 unspecified atom stereocenters. The van der Waals surface area contributed by atoms with E-state index in [0.717, 1.165) is 5.56 Å². The lowest BCUT2D eigenvalue weighted by molar-refractivity contribution is 0.199. The zero-order chi connectivity index (χ0) is 15.9. The number of aliphatic hydroxyl groups excluding tert-OH is 1. The second-order valence-electron chi connectivity index (χ2n) is 5.51. The van der Waals surface area contributed by atoms with Crippen molar-refractivity contribution in [2.24, 2.45) is 0 Å². The Balaban J connectivity index is 2.43. The van der Waals surface area contributed by atoms with Crippen LogP contribution >= 0.6 is 0 Å². The van der Waals surface area contributed by atoms with E-state index in [-0.39, 0.29) is 5.43 Å². The van der Waals surface area contributed by atoms with Gasteiger partial charge >= 0.3 is 0 Å². The predicted molar refractivity (Wildman–Crippen MR) is 85.8 cm³/mol.